The predicted octanol–water partition coefficient (Wildman–Crippen LogP) is 18.4. The van der Waals surface area contributed by atoms with E-state index in [9.17, 15) is 0 Å². The molecule has 0 heterocycles. The van der Waals surface area contributed by atoms with Crippen LogP contribution in [0.4, 0.5) is 0 Å². The minimum absolute atomic E-state index is 0.833. The van der Waals surface area contributed by atoms with Crippen molar-refractivity contribution in [3.05, 3.63) is 158 Å². The topological polar surface area (TPSA) is 0 Å². The summed E-state index contributed by atoms with van der Waals surface area (Å²) in [6.45, 7) is 41.0. The molecule has 0 saturated carbocycles. The molecule has 0 aromatic heterocycles. The van der Waals surface area contributed by atoms with Crippen LogP contribution in [0.3, 0.4) is 0 Å². The lowest BCUT2D eigenvalue weighted by Gasteiger charge is -1.92. The molecule has 0 radical (unpaired) electrons. The summed E-state index contributed by atoms with van der Waals surface area (Å²) in [7, 11) is 0. The number of hydrogen-bond donors (Lipinski definition) is 0. The van der Waals surface area contributed by atoms with Crippen molar-refractivity contribution in [2.75, 3.05) is 0 Å². The maximum atomic E-state index is 2.17. The van der Waals surface area contributed by atoms with Gasteiger partial charge in [-0.2, -0.15) is 0 Å². The maximum absolute atomic E-state index is 2.17. The Bertz CT molecular complexity index is 804. The minimum Gasteiger partial charge on any atom is -0.0683 e. The molecule has 0 N–H and O–H groups in total. The van der Waals surface area contributed by atoms with Gasteiger partial charge in [0.1, 0.15) is 0 Å². The summed E-state index contributed by atoms with van der Waals surface area (Å²) in [4.78, 5) is 0. The Balaban J connectivity index is -0.0000000672. The van der Waals surface area contributed by atoms with E-state index in [0.717, 1.165) is 11.8 Å². The Hall–Kier alpha value is -3.64. The maximum Gasteiger partial charge on any atom is -0.0184 e. The lowest BCUT2D eigenvalue weighted by atomic mass is 10.1. The van der Waals surface area contributed by atoms with Crippen molar-refractivity contribution in [3.63, 3.8) is 0 Å². The Morgan fingerprint density at radius 1 is 0.200 bits per heavy atom. The molecule has 50 heavy (non-hydrogen) atoms. The first kappa shape index (κ1) is 64.8. The van der Waals surface area contributed by atoms with E-state index in [4.69, 9.17) is 0 Å². The largest absolute Gasteiger partial charge is 0.0683 e. The highest BCUT2D eigenvalue weighted by Crippen LogP contribution is 2.11. The molecule has 0 bridgehead atoms. The van der Waals surface area contributed by atoms with Crippen molar-refractivity contribution in [3.8, 4) is 0 Å². The van der Waals surface area contributed by atoms with Crippen molar-refractivity contribution in [1.82, 2.24) is 0 Å². The molecule has 288 valence electrons. The van der Waals surface area contributed by atoms with Crippen LogP contribution in [0, 0.1) is 11.8 Å². The van der Waals surface area contributed by atoms with Crippen LogP contribution in [0.15, 0.2) is 158 Å². The van der Waals surface area contributed by atoms with Gasteiger partial charge in [-0.15, -0.1) is 0 Å². The molecular weight excluding hydrogens is 601 g/mol. The standard InChI is InChI=1S/C10H8.3C6H6.2C4H10.7C2H6/c1-2-6-10-8-4-3-7-9(10)5-1;3*1-2-4-6-5-3-1;2*1-4(2)3;7*1-2/h1-8H;3*1-6H;2*4H,1-3H3;7*1-2H3. The molecule has 0 spiro atoms. The Morgan fingerprint density at radius 2 is 0.280 bits per heavy atom. The first-order valence-corrected chi connectivity index (χ1v) is 19.9. The van der Waals surface area contributed by atoms with Crippen molar-refractivity contribution < 1.29 is 0 Å². The van der Waals surface area contributed by atoms with Crippen LogP contribution in [0.5, 0.6) is 0 Å². The first-order valence-electron chi connectivity index (χ1n) is 19.9. The van der Waals surface area contributed by atoms with Crippen LogP contribution in [0.25, 0.3) is 10.8 Å². The van der Waals surface area contributed by atoms with Crippen LogP contribution < -0.4 is 0 Å². The molecule has 5 rings (SSSR count). The van der Waals surface area contributed by atoms with Crippen molar-refractivity contribution in [2.45, 2.75) is 138 Å². The fourth-order valence-electron chi connectivity index (χ4n) is 2.29. The van der Waals surface area contributed by atoms with Crippen LogP contribution in [0.1, 0.15) is 138 Å². The second-order valence-electron chi connectivity index (χ2n) is 9.28. The third-order valence-corrected chi connectivity index (χ3v) is 3.66. The van der Waals surface area contributed by atoms with Crippen molar-refractivity contribution >= 4 is 10.8 Å². The van der Waals surface area contributed by atoms with Gasteiger partial charge in [-0.25, -0.2) is 0 Å². The molecule has 5 aromatic carbocycles. The zero-order valence-electron chi connectivity index (χ0n) is 37.2. The van der Waals surface area contributed by atoms with E-state index >= 15 is 0 Å². The van der Waals surface area contributed by atoms with Crippen molar-refractivity contribution in [1.29, 1.82) is 0 Å². The van der Waals surface area contributed by atoms with Crippen LogP contribution >= 0.6 is 0 Å². The summed E-state index contributed by atoms with van der Waals surface area (Å²) in [6, 6.07) is 52.7. The van der Waals surface area contributed by atoms with Crippen LogP contribution in [-0.4, -0.2) is 0 Å². The highest BCUT2D eigenvalue weighted by atomic mass is 13.9. The summed E-state index contributed by atoms with van der Waals surface area (Å²) in [5, 5.41) is 2.62. The summed E-state index contributed by atoms with van der Waals surface area (Å²) in [5.74, 6) is 1.67. The molecule has 0 aliphatic carbocycles. The van der Waals surface area contributed by atoms with Crippen LogP contribution in [0.2, 0.25) is 0 Å². The Kier molecular flexibility index (Phi) is 98.0. The smallest absolute Gasteiger partial charge is 0.0184 e. The van der Waals surface area contributed by atoms with Gasteiger partial charge in [0.05, 0.1) is 0 Å². The Labute approximate surface area is 317 Å². The van der Waals surface area contributed by atoms with Crippen molar-refractivity contribution in [2.24, 2.45) is 11.8 Å². The number of fused-ring (bicyclic) bond motifs is 1. The SMILES string of the molecule is CC.CC.CC.CC.CC.CC.CC.CC(C)C.CC(C)C.c1ccc2ccccc2c1.c1ccccc1.c1ccccc1.c1ccccc1. The average Bonchev–Trinajstić information content (AvgIpc) is 3.22. The second kappa shape index (κ2) is 75.6. The molecule has 0 saturated heterocycles. The first-order chi connectivity index (χ1) is 24.4. The van der Waals surface area contributed by atoms with E-state index in [1.807, 2.05) is 206 Å². The van der Waals surface area contributed by atoms with Gasteiger partial charge in [-0.05, 0) is 22.6 Å². The molecule has 0 amide bonds. The van der Waals surface area contributed by atoms with E-state index in [0.29, 0.717) is 0 Å². The molecule has 0 aliphatic heterocycles. The summed E-state index contributed by atoms with van der Waals surface area (Å²) >= 11 is 0. The molecule has 0 aliphatic rings. The number of benzene rings is 5. The van der Waals surface area contributed by atoms with E-state index in [1.54, 1.807) is 0 Å². The molecule has 0 unspecified atom stereocenters. The van der Waals surface area contributed by atoms with Gasteiger partial charge in [0.2, 0.25) is 0 Å². The van der Waals surface area contributed by atoms with Gasteiger partial charge in [0.25, 0.3) is 0 Å². The normalized spacial score (nSPS) is 7.16. The predicted molar refractivity (Wildman–Crippen MR) is 244 cm³/mol. The molecule has 0 fully saturated rings. The lowest BCUT2D eigenvalue weighted by molar-refractivity contribution is 0.736. The molecular formula is C50H88. The van der Waals surface area contributed by atoms with Gasteiger partial charge in [0.15, 0.2) is 0 Å². The summed E-state index contributed by atoms with van der Waals surface area (Å²) < 4.78 is 0. The van der Waals surface area contributed by atoms with Gasteiger partial charge < -0.3 is 0 Å². The quantitative estimate of drug-likeness (QED) is 0.152. The third kappa shape index (κ3) is 79.6. The van der Waals surface area contributed by atoms with Crippen LogP contribution in [-0.2, 0) is 0 Å². The molecule has 0 nitrogen and oxygen atoms in total. The van der Waals surface area contributed by atoms with Gasteiger partial charge >= 0.3 is 0 Å². The molecule has 0 heteroatoms. The summed E-state index contributed by atoms with van der Waals surface area (Å²) in [6.07, 6.45) is 0. The Morgan fingerprint density at radius 3 is 0.360 bits per heavy atom. The fourth-order valence-corrected chi connectivity index (χ4v) is 2.29. The third-order valence-electron chi connectivity index (χ3n) is 3.66. The molecule has 5 aromatic rings. The minimum atomic E-state index is 0.833. The zero-order valence-corrected chi connectivity index (χ0v) is 37.2. The van der Waals surface area contributed by atoms with E-state index < -0.39 is 0 Å². The van der Waals surface area contributed by atoms with E-state index in [-0.39, 0.29) is 0 Å². The highest BCUT2D eigenvalue weighted by Gasteiger charge is 1.85. The monoisotopic (exact) mass is 689 g/mol. The average molecular weight is 689 g/mol. The van der Waals surface area contributed by atoms with Gasteiger partial charge in [-0.1, -0.05) is 296 Å². The van der Waals surface area contributed by atoms with E-state index in [1.165, 1.54) is 10.8 Å². The fraction of sp³-hybridized carbons (Fsp3) is 0.440. The van der Waals surface area contributed by atoms with Gasteiger partial charge in [0, 0.05) is 0 Å². The number of rotatable bonds is 0. The van der Waals surface area contributed by atoms with Gasteiger partial charge in [-0.3, -0.25) is 0 Å². The summed E-state index contributed by atoms with van der Waals surface area (Å²) in [5.41, 5.74) is 0. The highest BCUT2D eigenvalue weighted by molar-refractivity contribution is 5.82. The number of hydrogen-bond acceptors (Lipinski definition) is 0. The zero-order chi connectivity index (χ0) is 40.7. The second-order valence-corrected chi connectivity index (χ2v) is 9.28. The lowest BCUT2D eigenvalue weighted by Crippen LogP contribution is -1.67. The molecule has 0 atom stereocenters. The van der Waals surface area contributed by atoms with E-state index in [2.05, 4.69) is 90.1 Å².